The van der Waals surface area contributed by atoms with Crippen LogP contribution in [0, 0.1) is 43.8 Å². The van der Waals surface area contributed by atoms with Gasteiger partial charge >= 0.3 is 18.1 Å². The second-order valence-electron chi connectivity index (χ2n) is 16.8. The van der Waals surface area contributed by atoms with E-state index in [1.807, 2.05) is 106 Å². The minimum absolute atomic E-state index is 0.0505. The highest BCUT2D eigenvalue weighted by Crippen LogP contribution is 2.63. The quantitative estimate of drug-likeness (QED) is 0.109. The van der Waals surface area contributed by atoms with Gasteiger partial charge in [0.25, 0.3) is 0 Å². The molecule has 0 radical (unpaired) electrons. The minimum Gasteiger partial charge on any atom is -0.464 e. The molecule has 284 valence electrons. The fourth-order valence-electron chi connectivity index (χ4n) is 6.44. The summed E-state index contributed by atoms with van der Waals surface area (Å²) >= 11 is 7.27. The highest BCUT2D eigenvalue weighted by atomic mass is 32.2. The average Bonchev–Trinajstić information content (AvgIpc) is 3.00. The van der Waals surface area contributed by atoms with Gasteiger partial charge < -0.3 is 14.4 Å². The largest absolute Gasteiger partial charge is 0.464 e. The number of esters is 2. The monoisotopic (exact) mass is 742 g/mol. The predicted molar refractivity (Wildman–Crippen MR) is 202 cm³/mol. The number of nitrogens with zero attached hydrogens (tertiary/aromatic N) is 2. The molecular formula is C39H61F3N2O4S2. The number of thiocarbonyl (C=S) groups is 1. The SMILES string of the molecule is CCN(CC)CCOC(=O)C(C)(CC(C)(C)C(C)(C)C(C)(CC(C)(C)C(C)(C)C#N)C(=O)OCC(F)(F)F)C(C)(C)SC(=S)c1ccccc1. The van der Waals surface area contributed by atoms with Crippen molar-refractivity contribution in [1.29, 1.82) is 5.26 Å². The number of carbonyl (C=O) groups is 2. The van der Waals surface area contributed by atoms with Crippen molar-refractivity contribution in [2.45, 2.75) is 121 Å². The topological polar surface area (TPSA) is 79.6 Å². The van der Waals surface area contributed by atoms with E-state index in [0.717, 1.165) is 18.7 Å². The second kappa shape index (κ2) is 16.7. The van der Waals surface area contributed by atoms with Gasteiger partial charge in [0.2, 0.25) is 0 Å². The number of nitriles is 1. The van der Waals surface area contributed by atoms with Crippen molar-refractivity contribution < 1.29 is 32.2 Å². The standard InChI is InChI=1S/C39H61F3N2O4S2/c1-15-44(16-2)22-23-47-31(46)38(14,36(11,12)50-29(49)28-20-18-17-19-21-28)25-33(5,6)35(9,10)37(13,30(45)48-27-39(40,41)42)24-32(3,4)34(7,8)26-43/h17-21H,15-16,22-25,27H2,1-14H3. The summed E-state index contributed by atoms with van der Waals surface area (Å²) in [7, 11) is 0. The van der Waals surface area contributed by atoms with Crippen LogP contribution in [0.5, 0.6) is 0 Å². The molecule has 0 amide bonds. The molecule has 1 aromatic carbocycles. The van der Waals surface area contributed by atoms with Crippen LogP contribution in [0.2, 0.25) is 0 Å². The van der Waals surface area contributed by atoms with E-state index in [2.05, 4.69) is 11.0 Å². The molecule has 0 aromatic heterocycles. The molecule has 0 heterocycles. The maximum atomic E-state index is 14.4. The van der Waals surface area contributed by atoms with E-state index in [1.54, 1.807) is 20.8 Å². The molecule has 0 saturated carbocycles. The third-order valence-electron chi connectivity index (χ3n) is 12.1. The smallest absolute Gasteiger partial charge is 0.422 e. The predicted octanol–water partition coefficient (Wildman–Crippen LogP) is 10.3. The van der Waals surface area contributed by atoms with Gasteiger partial charge in [0.05, 0.1) is 26.5 Å². The molecule has 1 aromatic rings. The Bertz CT molecular complexity index is 1370. The molecule has 1 rings (SSSR count). The maximum absolute atomic E-state index is 14.4. The maximum Gasteiger partial charge on any atom is 0.422 e. The van der Waals surface area contributed by atoms with E-state index >= 15 is 0 Å². The van der Waals surface area contributed by atoms with Crippen molar-refractivity contribution in [2.75, 3.05) is 32.8 Å². The Labute approximate surface area is 309 Å². The van der Waals surface area contributed by atoms with E-state index in [4.69, 9.17) is 21.7 Å². The fourth-order valence-corrected chi connectivity index (χ4v) is 8.30. The number of hydrogen-bond acceptors (Lipinski definition) is 8. The van der Waals surface area contributed by atoms with Crippen molar-refractivity contribution in [1.82, 2.24) is 4.90 Å². The first kappa shape index (κ1) is 45.9. The molecule has 0 fully saturated rings. The number of benzene rings is 1. The van der Waals surface area contributed by atoms with E-state index in [-0.39, 0.29) is 19.4 Å². The van der Waals surface area contributed by atoms with Crippen LogP contribution in [0.25, 0.3) is 0 Å². The van der Waals surface area contributed by atoms with Crippen LogP contribution >= 0.6 is 24.0 Å². The molecule has 6 nitrogen and oxygen atoms in total. The molecule has 0 saturated heterocycles. The number of ether oxygens (including phenoxy) is 2. The highest BCUT2D eigenvalue weighted by Gasteiger charge is 2.62. The third kappa shape index (κ3) is 10.5. The molecule has 0 aliphatic heterocycles. The summed E-state index contributed by atoms with van der Waals surface area (Å²) in [6.07, 6.45) is -4.47. The Morgan fingerprint density at radius 1 is 0.800 bits per heavy atom. The van der Waals surface area contributed by atoms with Crippen LogP contribution in [0.3, 0.4) is 0 Å². The Kier molecular flexibility index (Phi) is 15.3. The molecule has 0 aliphatic rings. The van der Waals surface area contributed by atoms with Gasteiger partial charge in [0.15, 0.2) is 6.61 Å². The van der Waals surface area contributed by atoms with E-state index < -0.39 is 62.0 Å². The van der Waals surface area contributed by atoms with Gasteiger partial charge in [-0.25, -0.2) is 0 Å². The Hall–Kier alpha value is -2.16. The second-order valence-corrected chi connectivity index (χ2v) is 19.1. The number of hydrogen-bond donors (Lipinski definition) is 0. The lowest BCUT2D eigenvalue weighted by Gasteiger charge is -2.57. The van der Waals surface area contributed by atoms with Crippen LogP contribution < -0.4 is 0 Å². The van der Waals surface area contributed by atoms with Crippen molar-refractivity contribution in [3.8, 4) is 6.07 Å². The molecule has 0 bridgehead atoms. The van der Waals surface area contributed by atoms with Crippen molar-refractivity contribution in [3.05, 3.63) is 35.9 Å². The van der Waals surface area contributed by atoms with Crippen molar-refractivity contribution in [3.63, 3.8) is 0 Å². The number of likely N-dealkylation sites (N-methyl/N-ethyl adjacent to an activating group) is 1. The number of rotatable bonds is 18. The average molecular weight is 743 g/mol. The first-order valence-corrected chi connectivity index (χ1v) is 18.6. The van der Waals surface area contributed by atoms with Gasteiger partial charge in [-0.15, -0.1) is 11.8 Å². The summed E-state index contributed by atoms with van der Waals surface area (Å²) in [6.45, 7) is 26.9. The zero-order valence-electron chi connectivity index (χ0n) is 32.8. The summed E-state index contributed by atoms with van der Waals surface area (Å²) in [5.74, 6) is -1.42. The minimum atomic E-state index is -4.72. The first-order valence-electron chi connectivity index (χ1n) is 17.3. The van der Waals surface area contributed by atoms with Gasteiger partial charge in [-0.05, 0) is 89.3 Å². The zero-order valence-corrected chi connectivity index (χ0v) is 34.4. The van der Waals surface area contributed by atoms with Gasteiger partial charge in [0.1, 0.15) is 6.61 Å². The summed E-state index contributed by atoms with van der Waals surface area (Å²) in [5, 5.41) is 10.1. The van der Waals surface area contributed by atoms with Crippen LogP contribution in [0.15, 0.2) is 30.3 Å². The van der Waals surface area contributed by atoms with E-state index in [9.17, 15) is 28.0 Å². The lowest BCUT2D eigenvalue weighted by Crippen LogP contribution is -2.58. The fraction of sp³-hybridized carbons (Fsp3) is 0.744. The zero-order chi connectivity index (χ0) is 39.2. The molecule has 50 heavy (non-hydrogen) atoms. The molecule has 11 heteroatoms. The van der Waals surface area contributed by atoms with Crippen LogP contribution in [0.1, 0.15) is 115 Å². The lowest BCUT2D eigenvalue weighted by molar-refractivity contribution is -0.206. The molecule has 2 atom stereocenters. The van der Waals surface area contributed by atoms with Gasteiger partial charge in [-0.1, -0.05) is 97.9 Å². The Morgan fingerprint density at radius 2 is 1.28 bits per heavy atom. The number of carbonyl (C=O) groups excluding carboxylic acids is 2. The van der Waals surface area contributed by atoms with Gasteiger partial charge in [-0.2, -0.15) is 18.4 Å². The molecule has 0 aliphatic carbocycles. The summed E-state index contributed by atoms with van der Waals surface area (Å²) < 4.78 is 51.0. The van der Waals surface area contributed by atoms with Crippen LogP contribution in [-0.4, -0.2) is 64.8 Å². The van der Waals surface area contributed by atoms with Crippen molar-refractivity contribution in [2.24, 2.45) is 32.5 Å². The molecular weight excluding hydrogens is 682 g/mol. The third-order valence-corrected chi connectivity index (χ3v) is 14.0. The number of alkyl halides is 3. The van der Waals surface area contributed by atoms with Crippen LogP contribution in [-0.2, 0) is 19.1 Å². The lowest BCUT2D eigenvalue weighted by atomic mass is 9.46. The summed E-state index contributed by atoms with van der Waals surface area (Å²) in [4.78, 5) is 30.6. The number of halogens is 3. The molecule has 2 unspecified atom stereocenters. The number of thioether (sulfide) groups is 1. The van der Waals surface area contributed by atoms with Gasteiger partial charge in [0, 0.05) is 11.3 Å². The van der Waals surface area contributed by atoms with Crippen molar-refractivity contribution >= 4 is 40.1 Å². The Balaban J connectivity index is 3.85. The normalized spacial score (nSPS) is 15.9. The summed E-state index contributed by atoms with van der Waals surface area (Å²) in [6, 6.07) is 11.9. The molecule has 0 spiro atoms. The first-order chi connectivity index (χ1) is 22.5. The molecule has 0 N–H and O–H groups in total. The van der Waals surface area contributed by atoms with Gasteiger partial charge in [-0.3, -0.25) is 9.59 Å². The van der Waals surface area contributed by atoms with Crippen LogP contribution in [0.4, 0.5) is 13.2 Å². The highest BCUT2D eigenvalue weighted by molar-refractivity contribution is 8.24. The van der Waals surface area contributed by atoms with E-state index in [0.29, 0.717) is 10.7 Å². The van der Waals surface area contributed by atoms with E-state index in [1.165, 1.54) is 11.8 Å². The Morgan fingerprint density at radius 3 is 1.74 bits per heavy atom. The summed E-state index contributed by atoms with van der Waals surface area (Å²) in [5.41, 5.74) is -5.62.